The molecule has 29 heavy (non-hydrogen) atoms. The van der Waals surface area contributed by atoms with Crippen molar-refractivity contribution in [1.82, 2.24) is 15.2 Å². The highest BCUT2D eigenvalue weighted by atomic mass is 19.1. The van der Waals surface area contributed by atoms with E-state index in [1.54, 1.807) is 12.1 Å². The second-order valence-corrected chi connectivity index (χ2v) is 10.4. The van der Waals surface area contributed by atoms with Gasteiger partial charge in [-0.2, -0.15) is 0 Å². The number of halogens is 1. The lowest BCUT2D eigenvalue weighted by Crippen LogP contribution is -2.58. The lowest BCUT2D eigenvalue weighted by atomic mass is 9.92. The Morgan fingerprint density at radius 2 is 1.76 bits per heavy atom. The van der Waals surface area contributed by atoms with Crippen molar-refractivity contribution in [2.24, 2.45) is 11.8 Å². The Balaban J connectivity index is 1.48. The summed E-state index contributed by atoms with van der Waals surface area (Å²) in [6.45, 7) is 12.0. The molecule has 1 N–H and O–H groups in total. The van der Waals surface area contributed by atoms with E-state index in [-0.39, 0.29) is 17.3 Å². The van der Waals surface area contributed by atoms with Crippen molar-refractivity contribution in [3.63, 3.8) is 0 Å². The third-order valence-corrected chi connectivity index (χ3v) is 6.76. The number of amides is 1. The smallest absolute Gasteiger partial charge is 0.240 e. The van der Waals surface area contributed by atoms with Gasteiger partial charge in [-0.1, -0.05) is 0 Å². The number of likely N-dealkylation sites (tertiary alicyclic amines) is 1. The van der Waals surface area contributed by atoms with E-state index in [1.807, 2.05) is 40.8 Å². The quantitative estimate of drug-likeness (QED) is 0.830. The molecule has 5 heteroatoms. The van der Waals surface area contributed by atoms with Crippen LogP contribution in [0.4, 0.5) is 4.39 Å². The van der Waals surface area contributed by atoms with Crippen molar-refractivity contribution < 1.29 is 9.18 Å². The molecule has 2 heterocycles. The topological polar surface area (TPSA) is 45.2 Å². The van der Waals surface area contributed by atoms with Gasteiger partial charge in [0.25, 0.3) is 0 Å². The lowest BCUT2D eigenvalue weighted by molar-refractivity contribution is -0.132. The van der Waals surface area contributed by atoms with Crippen LogP contribution in [0.3, 0.4) is 0 Å². The summed E-state index contributed by atoms with van der Waals surface area (Å²) in [5, 5.41) is 4.08. The molecule has 2 aliphatic rings. The van der Waals surface area contributed by atoms with Crippen LogP contribution in [0.2, 0.25) is 0 Å². The van der Waals surface area contributed by atoms with Gasteiger partial charge in [0.2, 0.25) is 5.91 Å². The van der Waals surface area contributed by atoms with E-state index in [2.05, 4.69) is 21.3 Å². The first-order valence-corrected chi connectivity index (χ1v) is 10.7. The minimum absolute atomic E-state index is 0.0946. The Morgan fingerprint density at radius 1 is 1.10 bits per heavy atom. The highest BCUT2D eigenvalue weighted by molar-refractivity contribution is 5.86. The number of carbonyl (C=O) groups excluding carboxylic acids is 1. The van der Waals surface area contributed by atoms with Gasteiger partial charge in [0.1, 0.15) is 5.82 Å². The predicted octanol–water partition coefficient (Wildman–Crippen LogP) is 4.49. The van der Waals surface area contributed by atoms with Gasteiger partial charge in [0.05, 0.1) is 11.1 Å². The Labute approximate surface area is 172 Å². The van der Waals surface area contributed by atoms with Gasteiger partial charge < -0.3 is 5.32 Å². The second kappa shape index (κ2) is 7.05. The summed E-state index contributed by atoms with van der Waals surface area (Å²) in [5.41, 5.74) is 1.34. The summed E-state index contributed by atoms with van der Waals surface area (Å²) < 4.78 is 13.8. The zero-order valence-corrected chi connectivity index (χ0v) is 18.1. The van der Waals surface area contributed by atoms with Gasteiger partial charge in [0.15, 0.2) is 0 Å². The third-order valence-electron chi connectivity index (χ3n) is 6.76. The van der Waals surface area contributed by atoms with Crippen LogP contribution < -0.4 is 5.32 Å². The molecular weight excluding hydrogens is 365 g/mol. The van der Waals surface area contributed by atoms with Crippen LogP contribution in [0.5, 0.6) is 0 Å². The highest BCUT2D eigenvalue weighted by Gasteiger charge is 2.47. The van der Waals surface area contributed by atoms with Gasteiger partial charge in [-0.3, -0.25) is 14.7 Å². The minimum Gasteiger partial charge on any atom is -0.350 e. The molecule has 4 rings (SSSR count). The molecular formula is C24H32FN3O. The number of fused-ring (bicyclic) bond motifs is 2. The van der Waals surface area contributed by atoms with E-state index in [0.717, 1.165) is 36.8 Å². The fourth-order valence-electron chi connectivity index (χ4n) is 5.14. The molecule has 1 aromatic heterocycles. The maximum atomic E-state index is 13.8. The number of aromatic nitrogens is 1. The molecule has 2 fully saturated rings. The van der Waals surface area contributed by atoms with Crippen LogP contribution in [-0.4, -0.2) is 40.0 Å². The van der Waals surface area contributed by atoms with Gasteiger partial charge in [0, 0.05) is 30.2 Å². The predicted molar refractivity (Wildman–Crippen MR) is 114 cm³/mol. The molecule has 1 aliphatic carbocycles. The summed E-state index contributed by atoms with van der Waals surface area (Å²) in [6, 6.07) is 6.93. The number of hydrogen-bond acceptors (Lipinski definition) is 3. The van der Waals surface area contributed by atoms with Gasteiger partial charge >= 0.3 is 0 Å². The first-order chi connectivity index (χ1) is 13.5. The maximum absolute atomic E-state index is 13.8. The Hall–Kier alpha value is -2.01. The van der Waals surface area contributed by atoms with E-state index < -0.39 is 5.54 Å². The summed E-state index contributed by atoms with van der Waals surface area (Å²) >= 11 is 0. The van der Waals surface area contributed by atoms with Crippen LogP contribution in [0.1, 0.15) is 58.9 Å². The van der Waals surface area contributed by atoms with Gasteiger partial charge in [-0.05, 0) is 95.0 Å². The Bertz CT molecular complexity index is 919. The van der Waals surface area contributed by atoms with Crippen LogP contribution in [0.15, 0.2) is 30.5 Å². The number of hydrogen-bond donors (Lipinski definition) is 1. The van der Waals surface area contributed by atoms with E-state index in [4.69, 9.17) is 0 Å². The van der Waals surface area contributed by atoms with Crippen molar-refractivity contribution in [2.75, 3.05) is 13.1 Å². The zero-order chi connectivity index (χ0) is 21.0. The maximum Gasteiger partial charge on any atom is 0.240 e. The third kappa shape index (κ3) is 3.89. The molecule has 2 aromatic rings. The molecule has 1 amide bonds. The molecule has 0 bridgehead atoms. The summed E-state index contributed by atoms with van der Waals surface area (Å²) in [6.07, 6.45) is 4.03. The fraction of sp³-hybridized carbons (Fsp3) is 0.583. The van der Waals surface area contributed by atoms with Crippen molar-refractivity contribution in [2.45, 2.75) is 64.5 Å². The molecule has 1 aliphatic heterocycles. The largest absolute Gasteiger partial charge is 0.350 e. The number of nitrogens with zero attached hydrogens (tertiary/aromatic N) is 2. The summed E-state index contributed by atoms with van der Waals surface area (Å²) in [7, 11) is 0. The number of nitrogens with one attached hydrogen (secondary N) is 1. The minimum atomic E-state index is -0.514. The lowest BCUT2D eigenvalue weighted by Gasteiger charge is -2.37. The molecule has 4 nitrogen and oxygen atoms in total. The molecule has 0 radical (unpaired) electrons. The highest BCUT2D eigenvalue weighted by Crippen LogP contribution is 2.48. The van der Waals surface area contributed by atoms with Crippen LogP contribution in [0.25, 0.3) is 10.9 Å². The van der Waals surface area contributed by atoms with E-state index in [0.29, 0.717) is 17.8 Å². The number of rotatable bonds is 3. The Kier molecular flexibility index (Phi) is 4.93. The average molecular weight is 398 g/mol. The Morgan fingerprint density at radius 3 is 2.38 bits per heavy atom. The van der Waals surface area contributed by atoms with Crippen molar-refractivity contribution in [3.8, 4) is 0 Å². The van der Waals surface area contributed by atoms with E-state index in [9.17, 15) is 9.18 Å². The van der Waals surface area contributed by atoms with Gasteiger partial charge in [-0.25, -0.2) is 4.39 Å². The summed E-state index contributed by atoms with van der Waals surface area (Å²) in [4.78, 5) is 19.6. The molecule has 1 aromatic carbocycles. The normalized spacial score (nSPS) is 25.4. The molecule has 1 saturated heterocycles. The van der Waals surface area contributed by atoms with Crippen LogP contribution in [0, 0.1) is 17.7 Å². The molecule has 1 saturated carbocycles. The van der Waals surface area contributed by atoms with Crippen LogP contribution in [-0.2, 0) is 4.79 Å². The standard InChI is InChI=1S/C24H32FN3O/c1-23(2,3)27-22(29)24(4,5)28-13-16-10-15(11-17(16)14-28)19-8-9-26-21-7-6-18(25)12-20(19)21/h6-9,12,15-17H,10-11,13-14H2,1-5H3,(H,27,29)/t15?,16-,17+. The molecule has 1 unspecified atom stereocenters. The zero-order valence-electron chi connectivity index (χ0n) is 18.1. The average Bonchev–Trinajstić information content (AvgIpc) is 3.19. The first kappa shape index (κ1) is 20.3. The monoisotopic (exact) mass is 397 g/mol. The molecule has 0 spiro atoms. The second-order valence-electron chi connectivity index (χ2n) is 10.4. The molecule has 156 valence electrons. The number of carbonyl (C=O) groups is 1. The van der Waals surface area contributed by atoms with Crippen molar-refractivity contribution >= 4 is 16.8 Å². The van der Waals surface area contributed by atoms with Gasteiger partial charge in [-0.15, -0.1) is 0 Å². The molecule has 3 atom stereocenters. The van der Waals surface area contributed by atoms with E-state index in [1.165, 1.54) is 11.6 Å². The fourth-order valence-corrected chi connectivity index (χ4v) is 5.14. The first-order valence-electron chi connectivity index (χ1n) is 10.7. The SMILES string of the molecule is CC(C)(C)NC(=O)C(C)(C)N1C[C@H]2CC(c3ccnc4ccc(F)cc34)C[C@H]2C1. The van der Waals surface area contributed by atoms with E-state index >= 15 is 0 Å². The number of pyridine rings is 1. The van der Waals surface area contributed by atoms with Crippen molar-refractivity contribution in [1.29, 1.82) is 0 Å². The van der Waals surface area contributed by atoms with Crippen molar-refractivity contribution in [3.05, 3.63) is 41.8 Å². The van der Waals surface area contributed by atoms with Crippen LogP contribution >= 0.6 is 0 Å². The summed E-state index contributed by atoms with van der Waals surface area (Å²) in [5.74, 6) is 1.49. The number of benzene rings is 1.